The van der Waals surface area contributed by atoms with Crippen molar-refractivity contribution in [2.45, 2.75) is 20.3 Å². The summed E-state index contributed by atoms with van der Waals surface area (Å²) in [4.78, 5) is 25.1. The van der Waals surface area contributed by atoms with Gasteiger partial charge in [-0.3, -0.25) is 4.79 Å². The van der Waals surface area contributed by atoms with E-state index in [0.29, 0.717) is 19.5 Å². The number of carbonyl (C=O) groups is 2. The second kappa shape index (κ2) is 5.21. The van der Waals surface area contributed by atoms with Crippen LogP contribution >= 0.6 is 0 Å². The fraction of sp³-hybridized carbons (Fsp3) is 0.429. The van der Waals surface area contributed by atoms with Crippen molar-refractivity contribution in [3.05, 3.63) is 29.8 Å². The summed E-state index contributed by atoms with van der Waals surface area (Å²) < 4.78 is 0. The van der Waals surface area contributed by atoms with Gasteiger partial charge in [-0.05, 0) is 19.1 Å². The molecular formula is C14H18N2O2. The lowest BCUT2D eigenvalue weighted by molar-refractivity contribution is -0.124. The normalized spacial score (nSPS) is 19.8. The first-order valence-electron chi connectivity index (χ1n) is 6.21. The Labute approximate surface area is 107 Å². The molecule has 0 saturated carbocycles. The van der Waals surface area contributed by atoms with E-state index in [4.69, 9.17) is 0 Å². The van der Waals surface area contributed by atoms with Gasteiger partial charge in [0.05, 0.1) is 0 Å². The van der Waals surface area contributed by atoms with Crippen LogP contribution in [0.3, 0.4) is 0 Å². The molecule has 1 aliphatic heterocycles. The maximum atomic E-state index is 12.0. The number of benzene rings is 1. The minimum atomic E-state index is -0.127. The van der Waals surface area contributed by atoms with E-state index < -0.39 is 0 Å². The second-order valence-electron chi connectivity index (χ2n) is 4.86. The molecular weight excluding hydrogens is 228 g/mol. The Bertz CT molecular complexity index is 453. The highest BCUT2D eigenvalue weighted by molar-refractivity contribution is 5.91. The highest BCUT2D eigenvalue weighted by Gasteiger charge is 2.26. The van der Waals surface area contributed by atoms with Gasteiger partial charge < -0.3 is 10.2 Å². The summed E-state index contributed by atoms with van der Waals surface area (Å²) in [6.07, 6.45) is 0.461. The number of rotatable bonds is 1. The van der Waals surface area contributed by atoms with Crippen molar-refractivity contribution in [2.24, 2.45) is 5.92 Å². The molecule has 1 heterocycles. The Morgan fingerprint density at radius 3 is 2.61 bits per heavy atom. The Morgan fingerprint density at radius 2 is 2.00 bits per heavy atom. The van der Waals surface area contributed by atoms with E-state index in [9.17, 15) is 9.59 Å². The number of anilines is 1. The van der Waals surface area contributed by atoms with Crippen LogP contribution in [-0.2, 0) is 4.79 Å². The summed E-state index contributed by atoms with van der Waals surface area (Å²) in [7, 11) is 0. The fourth-order valence-corrected chi connectivity index (χ4v) is 2.04. The van der Waals surface area contributed by atoms with Crippen molar-refractivity contribution in [1.29, 1.82) is 0 Å². The number of urea groups is 1. The van der Waals surface area contributed by atoms with Gasteiger partial charge in [-0.2, -0.15) is 0 Å². The van der Waals surface area contributed by atoms with E-state index in [0.717, 1.165) is 11.3 Å². The van der Waals surface area contributed by atoms with Crippen molar-refractivity contribution in [3.8, 4) is 0 Å². The number of hydrogen-bond donors (Lipinski definition) is 1. The molecule has 18 heavy (non-hydrogen) atoms. The lowest BCUT2D eigenvalue weighted by atomic mass is 9.99. The number of Topliss-reactive ketones (excluding diaryl/α,β-unsaturated/α-hetero) is 1. The first-order chi connectivity index (χ1) is 8.56. The van der Waals surface area contributed by atoms with Gasteiger partial charge in [0.1, 0.15) is 5.78 Å². The maximum absolute atomic E-state index is 12.0. The molecule has 1 aliphatic rings. The van der Waals surface area contributed by atoms with E-state index in [1.165, 1.54) is 0 Å². The van der Waals surface area contributed by atoms with Crippen LogP contribution in [0.15, 0.2) is 24.3 Å². The number of aryl methyl sites for hydroxylation is 1. The van der Waals surface area contributed by atoms with Crippen molar-refractivity contribution in [1.82, 2.24) is 4.90 Å². The van der Waals surface area contributed by atoms with E-state index >= 15 is 0 Å². The zero-order chi connectivity index (χ0) is 13.1. The quantitative estimate of drug-likeness (QED) is 0.827. The highest BCUT2D eigenvalue weighted by Crippen LogP contribution is 2.15. The van der Waals surface area contributed by atoms with Crippen molar-refractivity contribution < 1.29 is 9.59 Å². The molecule has 96 valence electrons. The van der Waals surface area contributed by atoms with Crippen LogP contribution in [0.4, 0.5) is 10.5 Å². The molecule has 2 rings (SSSR count). The largest absolute Gasteiger partial charge is 0.323 e. The zero-order valence-corrected chi connectivity index (χ0v) is 10.8. The molecule has 1 unspecified atom stereocenters. The summed E-state index contributed by atoms with van der Waals surface area (Å²) in [5.41, 5.74) is 1.94. The third-order valence-electron chi connectivity index (χ3n) is 3.26. The van der Waals surface area contributed by atoms with E-state index in [2.05, 4.69) is 5.32 Å². The molecule has 0 radical (unpaired) electrons. The van der Waals surface area contributed by atoms with Crippen molar-refractivity contribution in [2.75, 3.05) is 18.4 Å². The molecule has 4 heteroatoms. The Balaban J connectivity index is 1.96. The number of nitrogens with one attached hydrogen (secondary N) is 1. The summed E-state index contributed by atoms with van der Waals surface area (Å²) in [6, 6.07) is 7.55. The number of likely N-dealkylation sites (tertiary alicyclic amines) is 1. The second-order valence-corrected chi connectivity index (χ2v) is 4.86. The number of piperidine rings is 1. The molecule has 1 aromatic carbocycles. The molecule has 1 fully saturated rings. The van der Waals surface area contributed by atoms with E-state index in [1.54, 1.807) is 4.90 Å². The SMILES string of the molecule is Cc1ccc(NC(=O)N2CCC(=O)C(C)C2)cc1. The molecule has 0 aromatic heterocycles. The van der Waals surface area contributed by atoms with Crippen LogP contribution in [0, 0.1) is 12.8 Å². The van der Waals surface area contributed by atoms with Gasteiger partial charge in [-0.15, -0.1) is 0 Å². The topological polar surface area (TPSA) is 49.4 Å². The summed E-state index contributed by atoms with van der Waals surface area (Å²) in [5, 5.41) is 2.85. The van der Waals surface area contributed by atoms with Crippen LogP contribution in [0.1, 0.15) is 18.9 Å². The van der Waals surface area contributed by atoms with Crippen LogP contribution in [0.5, 0.6) is 0 Å². The number of nitrogens with zero attached hydrogens (tertiary/aromatic N) is 1. The molecule has 2 amide bonds. The third kappa shape index (κ3) is 2.88. The maximum Gasteiger partial charge on any atom is 0.321 e. The van der Waals surface area contributed by atoms with Gasteiger partial charge >= 0.3 is 6.03 Å². The molecule has 1 atom stereocenters. The Hall–Kier alpha value is -1.84. The van der Waals surface area contributed by atoms with Crippen LogP contribution in [-0.4, -0.2) is 29.8 Å². The summed E-state index contributed by atoms with van der Waals surface area (Å²) >= 11 is 0. The molecule has 4 nitrogen and oxygen atoms in total. The van der Waals surface area contributed by atoms with E-state index in [1.807, 2.05) is 38.1 Å². The average molecular weight is 246 g/mol. The van der Waals surface area contributed by atoms with Gasteiger partial charge in [-0.1, -0.05) is 24.6 Å². The lowest BCUT2D eigenvalue weighted by Gasteiger charge is -2.30. The van der Waals surface area contributed by atoms with Gasteiger partial charge in [0, 0.05) is 31.1 Å². The molecule has 1 N–H and O–H groups in total. The first kappa shape index (κ1) is 12.6. The van der Waals surface area contributed by atoms with Crippen molar-refractivity contribution in [3.63, 3.8) is 0 Å². The third-order valence-corrected chi connectivity index (χ3v) is 3.26. The van der Waals surface area contributed by atoms with Crippen LogP contribution < -0.4 is 5.32 Å². The Kier molecular flexibility index (Phi) is 3.65. The molecule has 0 aliphatic carbocycles. The predicted octanol–water partition coefficient (Wildman–Crippen LogP) is 2.44. The minimum Gasteiger partial charge on any atom is -0.323 e. The standard InChI is InChI=1S/C14H18N2O2/c1-10-3-5-12(6-4-10)15-14(18)16-8-7-13(17)11(2)9-16/h3-6,11H,7-9H2,1-2H3,(H,15,18). The molecule has 1 saturated heterocycles. The highest BCUT2D eigenvalue weighted by atomic mass is 16.2. The van der Waals surface area contributed by atoms with Crippen LogP contribution in [0.2, 0.25) is 0 Å². The minimum absolute atomic E-state index is 0.0532. The number of ketones is 1. The number of amides is 2. The summed E-state index contributed by atoms with van der Waals surface area (Å²) in [5.74, 6) is 0.192. The molecule has 0 bridgehead atoms. The number of carbonyl (C=O) groups excluding carboxylic acids is 2. The summed E-state index contributed by atoms with van der Waals surface area (Å²) in [6.45, 7) is 4.90. The number of hydrogen-bond acceptors (Lipinski definition) is 2. The smallest absolute Gasteiger partial charge is 0.321 e. The fourth-order valence-electron chi connectivity index (χ4n) is 2.04. The lowest BCUT2D eigenvalue weighted by Crippen LogP contribution is -2.45. The van der Waals surface area contributed by atoms with E-state index in [-0.39, 0.29) is 17.7 Å². The van der Waals surface area contributed by atoms with Crippen molar-refractivity contribution >= 4 is 17.5 Å². The van der Waals surface area contributed by atoms with Crippen LogP contribution in [0.25, 0.3) is 0 Å². The predicted molar refractivity (Wildman–Crippen MR) is 70.6 cm³/mol. The molecule has 1 aromatic rings. The monoisotopic (exact) mass is 246 g/mol. The van der Waals surface area contributed by atoms with Gasteiger partial charge in [0.15, 0.2) is 0 Å². The first-order valence-corrected chi connectivity index (χ1v) is 6.21. The zero-order valence-electron chi connectivity index (χ0n) is 10.8. The Morgan fingerprint density at radius 1 is 1.33 bits per heavy atom. The van der Waals surface area contributed by atoms with Gasteiger partial charge in [0.25, 0.3) is 0 Å². The van der Waals surface area contributed by atoms with Gasteiger partial charge in [-0.25, -0.2) is 4.79 Å². The average Bonchev–Trinajstić information content (AvgIpc) is 2.35. The molecule has 0 spiro atoms. The van der Waals surface area contributed by atoms with Gasteiger partial charge in [0.2, 0.25) is 0 Å².